The average molecular weight is 488 g/mol. The van der Waals surface area contributed by atoms with E-state index in [1.54, 1.807) is 36.3 Å². The minimum atomic E-state index is -0.334. The van der Waals surface area contributed by atoms with E-state index >= 15 is 0 Å². The van der Waals surface area contributed by atoms with E-state index < -0.39 is 0 Å². The molecule has 1 fully saturated rings. The molecule has 3 amide bonds. The van der Waals surface area contributed by atoms with Crippen LogP contribution in [0.25, 0.3) is 0 Å². The lowest BCUT2D eigenvalue weighted by atomic mass is 9.84. The smallest absolute Gasteiger partial charge is 0.321 e. The number of likely N-dealkylation sites (tertiary alicyclic amines) is 1. The SMILES string of the molecule is COc1ccc(NC(=O)N2CC(C(=O)NCc3ccc4c(c3)OCO4)CC(c3ccccc3)C2)cc1. The molecule has 0 radical (unpaired) electrons. The molecule has 0 bridgehead atoms. The number of rotatable bonds is 6. The van der Waals surface area contributed by atoms with Crippen molar-refractivity contribution in [1.82, 2.24) is 10.2 Å². The quantitative estimate of drug-likeness (QED) is 0.539. The van der Waals surface area contributed by atoms with Gasteiger partial charge in [0.15, 0.2) is 11.5 Å². The number of hydrogen-bond acceptors (Lipinski definition) is 5. The molecule has 36 heavy (non-hydrogen) atoms. The number of carbonyl (C=O) groups is 2. The second kappa shape index (κ2) is 10.6. The standard InChI is InChI=1S/C28H29N3O5/c1-34-24-10-8-23(9-11-24)30-28(33)31-16-21(20-5-3-2-4-6-20)14-22(17-31)27(32)29-15-19-7-12-25-26(13-19)36-18-35-25/h2-13,21-22H,14-18H2,1H3,(H,29,32)(H,30,33). The summed E-state index contributed by atoms with van der Waals surface area (Å²) >= 11 is 0. The monoisotopic (exact) mass is 487 g/mol. The molecule has 186 valence electrons. The number of ether oxygens (including phenoxy) is 3. The highest BCUT2D eigenvalue weighted by atomic mass is 16.7. The van der Waals surface area contributed by atoms with Crippen LogP contribution in [0.3, 0.4) is 0 Å². The molecule has 8 nitrogen and oxygen atoms in total. The summed E-state index contributed by atoms with van der Waals surface area (Å²) in [7, 11) is 1.60. The van der Waals surface area contributed by atoms with Crippen molar-refractivity contribution in [2.24, 2.45) is 5.92 Å². The Labute approximate surface area is 210 Å². The van der Waals surface area contributed by atoms with E-state index in [-0.39, 0.29) is 30.6 Å². The van der Waals surface area contributed by atoms with Crippen LogP contribution in [-0.2, 0) is 11.3 Å². The molecule has 5 rings (SSSR count). The lowest BCUT2D eigenvalue weighted by Crippen LogP contribution is -2.49. The van der Waals surface area contributed by atoms with Gasteiger partial charge in [0.1, 0.15) is 5.75 Å². The van der Waals surface area contributed by atoms with Gasteiger partial charge < -0.3 is 29.7 Å². The molecule has 0 spiro atoms. The summed E-state index contributed by atoms with van der Waals surface area (Å²) in [6.45, 7) is 1.47. The fourth-order valence-electron chi connectivity index (χ4n) is 4.68. The maximum Gasteiger partial charge on any atom is 0.321 e. The molecular weight excluding hydrogens is 458 g/mol. The average Bonchev–Trinajstić information content (AvgIpc) is 3.40. The van der Waals surface area contributed by atoms with Crippen LogP contribution in [0.15, 0.2) is 72.8 Å². The fraction of sp³-hybridized carbons (Fsp3) is 0.286. The maximum atomic E-state index is 13.2. The van der Waals surface area contributed by atoms with Gasteiger partial charge in [-0.2, -0.15) is 0 Å². The number of nitrogens with zero attached hydrogens (tertiary/aromatic N) is 1. The molecule has 0 aromatic heterocycles. The first-order valence-corrected chi connectivity index (χ1v) is 12.0. The molecule has 2 heterocycles. The Hall–Kier alpha value is -4.20. The lowest BCUT2D eigenvalue weighted by molar-refractivity contribution is -0.126. The minimum Gasteiger partial charge on any atom is -0.497 e. The Morgan fingerprint density at radius 1 is 0.972 bits per heavy atom. The van der Waals surface area contributed by atoms with E-state index in [1.807, 2.05) is 36.4 Å². The van der Waals surface area contributed by atoms with Gasteiger partial charge in [-0.05, 0) is 53.9 Å². The third kappa shape index (κ3) is 5.38. The van der Waals surface area contributed by atoms with Crippen LogP contribution in [0, 0.1) is 5.92 Å². The van der Waals surface area contributed by atoms with Gasteiger partial charge in [0, 0.05) is 31.2 Å². The van der Waals surface area contributed by atoms with Crippen molar-refractivity contribution < 1.29 is 23.8 Å². The summed E-state index contributed by atoms with van der Waals surface area (Å²) in [4.78, 5) is 28.2. The van der Waals surface area contributed by atoms with Crippen LogP contribution < -0.4 is 24.8 Å². The number of fused-ring (bicyclic) bond motifs is 1. The van der Waals surface area contributed by atoms with Crippen molar-refractivity contribution in [3.8, 4) is 17.2 Å². The second-order valence-electron chi connectivity index (χ2n) is 9.01. The Morgan fingerprint density at radius 2 is 1.75 bits per heavy atom. The van der Waals surface area contributed by atoms with Gasteiger partial charge in [-0.25, -0.2) is 4.79 Å². The summed E-state index contributed by atoms with van der Waals surface area (Å²) in [5.74, 6) is 1.76. The van der Waals surface area contributed by atoms with Gasteiger partial charge in [0.25, 0.3) is 0 Å². The minimum absolute atomic E-state index is 0.0582. The number of hydrogen-bond donors (Lipinski definition) is 2. The summed E-state index contributed by atoms with van der Waals surface area (Å²) in [6, 6.07) is 22.6. The molecule has 0 aliphatic carbocycles. The Bertz CT molecular complexity index is 1220. The van der Waals surface area contributed by atoms with Crippen LogP contribution in [-0.4, -0.2) is 43.8 Å². The first-order chi connectivity index (χ1) is 17.6. The van der Waals surface area contributed by atoms with Crippen molar-refractivity contribution in [1.29, 1.82) is 0 Å². The van der Waals surface area contributed by atoms with E-state index in [9.17, 15) is 9.59 Å². The zero-order valence-electron chi connectivity index (χ0n) is 20.1. The molecule has 2 atom stereocenters. The molecule has 2 N–H and O–H groups in total. The highest BCUT2D eigenvalue weighted by Gasteiger charge is 2.34. The normalized spacial score (nSPS) is 18.4. The second-order valence-corrected chi connectivity index (χ2v) is 9.01. The van der Waals surface area contributed by atoms with Crippen LogP contribution in [0.4, 0.5) is 10.5 Å². The van der Waals surface area contributed by atoms with E-state index in [1.165, 1.54) is 0 Å². The molecule has 3 aromatic carbocycles. The number of benzene rings is 3. The van der Waals surface area contributed by atoms with Gasteiger partial charge in [-0.15, -0.1) is 0 Å². The lowest BCUT2D eigenvalue weighted by Gasteiger charge is -2.37. The highest BCUT2D eigenvalue weighted by Crippen LogP contribution is 2.33. The van der Waals surface area contributed by atoms with Crippen molar-refractivity contribution in [3.63, 3.8) is 0 Å². The summed E-state index contributed by atoms with van der Waals surface area (Å²) in [5.41, 5.74) is 2.72. The number of piperidine rings is 1. The molecule has 3 aromatic rings. The van der Waals surface area contributed by atoms with Crippen molar-refractivity contribution in [3.05, 3.63) is 83.9 Å². The number of urea groups is 1. The fourth-order valence-corrected chi connectivity index (χ4v) is 4.68. The largest absolute Gasteiger partial charge is 0.497 e. The van der Waals surface area contributed by atoms with E-state index in [4.69, 9.17) is 14.2 Å². The van der Waals surface area contributed by atoms with Crippen LogP contribution in [0.5, 0.6) is 17.2 Å². The maximum absolute atomic E-state index is 13.2. The zero-order chi connectivity index (χ0) is 24.9. The molecule has 8 heteroatoms. The molecular formula is C28H29N3O5. The van der Waals surface area contributed by atoms with Crippen LogP contribution in [0.2, 0.25) is 0 Å². The van der Waals surface area contributed by atoms with Crippen LogP contribution in [0.1, 0.15) is 23.5 Å². The van der Waals surface area contributed by atoms with Gasteiger partial charge in [-0.3, -0.25) is 4.79 Å². The first kappa shape index (κ1) is 23.5. The van der Waals surface area contributed by atoms with Gasteiger partial charge >= 0.3 is 6.03 Å². The number of methoxy groups -OCH3 is 1. The third-order valence-electron chi connectivity index (χ3n) is 6.62. The van der Waals surface area contributed by atoms with Gasteiger partial charge in [0.2, 0.25) is 12.7 Å². The van der Waals surface area contributed by atoms with E-state index in [0.29, 0.717) is 49.0 Å². The predicted molar refractivity (Wildman–Crippen MR) is 135 cm³/mol. The third-order valence-corrected chi connectivity index (χ3v) is 6.62. The van der Waals surface area contributed by atoms with E-state index in [0.717, 1.165) is 11.1 Å². The number of nitrogens with one attached hydrogen (secondary N) is 2. The van der Waals surface area contributed by atoms with Crippen molar-refractivity contribution in [2.75, 3.05) is 32.3 Å². The van der Waals surface area contributed by atoms with Crippen molar-refractivity contribution >= 4 is 17.6 Å². The molecule has 2 aliphatic rings. The zero-order valence-corrected chi connectivity index (χ0v) is 20.1. The Morgan fingerprint density at radius 3 is 2.53 bits per heavy atom. The predicted octanol–water partition coefficient (Wildman–Crippen LogP) is 4.38. The number of carbonyl (C=O) groups excluding carboxylic acids is 2. The number of anilines is 1. The summed E-state index contributed by atoms with van der Waals surface area (Å²) in [6.07, 6.45) is 0.670. The summed E-state index contributed by atoms with van der Waals surface area (Å²) < 4.78 is 16.0. The van der Waals surface area contributed by atoms with Crippen LogP contribution >= 0.6 is 0 Å². The first-order valence-electron chi connectivity index (χ1n) is 12.0. The Kier molecular flexibility index (Phi) is 6.93. The van der Waals surface area contributed by atoms with Gasteiger partial charge in [0.05, 0.1) is 13.0 Å². The molecule has 1 saturated heterocycles. The highest BCUT2D eigenvalue weighted by molar-refractivity contribution is 5.90. The molecule has 2 aliphatic heterocycles. The molecule has 2 unspecified atom stereocenters. The molecule has 0 saturated carbocycles. The summed E-state index contributed by atoms with van der Waals surface area (Å²) in [5, 5.41) is 6.00. The van der Waals surface area contributed by atoms with Crippen molar-refractivity contribution in [2.45, 2.75) is 18.9 Å². The number of amides is 3. The van der Waals surface area contributed by atoms with E-state index in [2.05, 4.69) is 22.8 Å². The Balaban J connectivity index is 1.27. The van der Waals surface area contributed by atoms with Gasteiger partial charge in [-0.1, -0.05) is 36.4 Å². The topological polar surface area (TPSA) is 89.1 Å².